The van der Waals surface area contributed by atoms with Gasteiger partial charge in [0.15, 0.2) is 0 Å². The summed E-state index contributed by atoms with van der Waals surface area (Å²) < 4.78 is 10.5. The summed E-state index contributed by atoms with van der Waals surface area (Å²) in [5.41, 5.74) is 0.379. The van der Waals surface area contributed by atoms with Crippen molar-refractivity contribution >= 4 is 12.0 Å². The predicted molar refractivity (Wildman–Crippen MR) is 87.0 cm³/mol. The molecule has 3 rings (SSSR count). The van der Waals surface area contributed by atoms with Crippen molar-refractivity contribution in [3.63, 3.8) is 0 Å². The first kappa shape index (κ1) is 16.5. The molecule has 2 heterocycles. The van der Waals surface area contributed by atoms with Crippen molar-refractivity contribution in [2.45, 2.75) is 44.2 Å². The number of hydrogen-bond acceptors (Lipinski definition) is 5. The number of carbonyl (C=O) groups is 2. The van der Waals surface area contributed by atoms with Crippen LogP contribution < -0.4 is 10.1 Å². The normalized spacial score (nSPS) is 20.9. The summed E-state index contributed by atoms with van der Waals surface area (Å²) in [6, 6.07) is 3.42. The second kappa shape index (κ2) is 7.51. The molecule has 130 valence electrons. The van der Waals surface area contributed by atoms with Gasteiger partial charge < -0.3 is 19.7 Å². The first-order valence-corrected chi connectivity index (χ1v) is 8.42. The number of ether oxygens (including phenoxy) is 2. The van der Waals surface area contributed by atoms with Gasteiger partial charge in [-0.15, -0.1) is 0 Å². The second-order valence-corrected chi connectivity index (χ2v) is 6.27. The van der Waals surface area contributed by atoms with Gasteiger partial charge in [0.05, 0.1) is 19.3 Å². The monoisotopic (exact) mass is 333 g/mol. The molecule has 2 fully saturated rings. The molecule has 2 aliphatic rings. The quantitative estimate of drug-likeness (QED) is 0.911. The summed E-state index contributed by atoms with van der Waals surface area (Å²) >= 11 is 0. The summed E-state index contributed by atoms with van der Waals surface area (Å²) in [6.07, 6.45) is 6.62. The van der Waals surface area contributed by atoms with E-state index in [2.05, 4.69) is 15.0 Å². The van der Waals surface area contributed by atoms with Crippen LogP contribution in [-0.4, -0.2) is 54.2 Å². The minimum absolute atomic E-state index is 0.0840. The van der Waals surface area contributed by atoms with E-state index in [4.69, 9.17) is 4.74 Å². The van der Waals surface area contributed by atoms with Crippen molar-refractivity contribution in [1.29, 1.82) is 0 Å². The molecule has 7 nitrogen and oxygen atoms in total. The number of pyridine rings is 1. The molecular weight excluding hydrogens is 310 g/mol. The van der Waals surface area contributed by atoms with Crippen LogP contribution in [0.15, 0.2) is 18.3 Å². The summed E-state index contributed by atoms with van der Waals surface area (Å²) in [5.74, 6) is 0.560. The van der Waals surface area contributed by atoms with Gasteiger partial charge in [-0.2, -0.15) is 0 Å². The van der Waals surface area contributed by atoms with Gasteiger partial charge in [0, 0.05) is 25.4 Å². The topological polar surface area (TPSA) is 80.8 Å². The average Bonchev–Trinajstić information content (AvgIpc) is 3.26. The van der Waals surface area contributed by atoms with Crippen LogP contribution in [0.5, 0.6) is 5.75 Å². The molecule has 1 saturated heterocycles. The lowest BCUT2D eigenvalue weighted by Gasteiger charge is -2.17. The number of nitrogens with one attached hydrogen (secondary N) is 1. The maximum absolute atomic E-state index is 12.6. The highest BCUT2D eigenvalue weighted by Gasteiger charge is 2.29. The number of likely N-dealkylation sites (tertiary alicyclic amines) is 1. The number of methoxy groups -OCH3 is 1. The van der Waals surface area contributed by atoms with Crippen molar-refractivity contribution in [3.8, 4) is 5.75 Å². The number of carbonyl (C=O) groups excluding carboxylic acids is 2. The lowest BCUT2D eigenvalue weighted by Crippen LogP contribution is -2.38. The second-order valence-electron chi connectivity index (χ2n) is 6.27. The Bertz CT molecular complexity index is 601. The third kappa shape index (κ3) is 3.96. The van der Waals surface area contributed by atoms with Crippen LogP contribution in [0.2, 0.25) is 0 Å². The smallest absolute Gasteiger partial charge is 0.407 e. The first-order chi connectivity index (χ1) is 11.7. The highest BCUT2D eigenvalue weighted by molar-refractivity contribution is 5.92. The minimum atomic E-state index is -0.473. The molecule has 0 spiro atoms. The number of rotatable bonds is 4. The highest BCUT2D eigenvalue weighted by Crippen LogP contribution is 2.24. The Labute approximate surface area is 141 Å². The molecule has 0 radical (unpaired) electrons. The van der Waals surface area contributed by atoms with E-state index in [1.165, 1.54) is 20.0 Å². The Kier molecular flexibility index (Phi) is 5.17. The predicted octanol–water partition coefficient (Wildman–Crippen LogP) is 1.97. The standard InChI is InChI=1S/C17H23N3O4/c1-23-17(22)19-12-7-9-20(11-12)16(21)15-10-14(6-8-18-15)24-13-4-2-3-5-13/h6,8,10,12-13H,2-5,7,9,11H2,1H3,(H,19,22). The van der Waals surface area contributed by atoms with Crippen LogP contribution in [0.25, 0.3) is 0 Å². The molecule has 1 unspecified atom stereocenters. The van der Waals surface area contributed by atoms with Crippen molar-refractivity contribution in [1.82, 2.24) is 15.2 Å². The Morgan fingerprint density at radius 3 is 2.83 bits per heavy atom. The third-order valence-electron chi connectivity index (χ3n) is 4.54. The SMILES string of the molecule is COC(=O)NC1CCN(C(=O)c2cc(OC3CCCC3)ccn2)C1. The maximum Gasteiger partial charge on any atom is 0.407 e. The van der Waals surface area contributed by atoms with E-state index in [1.54, 1.807) is 23.2 Å². The highest BCUT2D eigenvalue weighted by atomic mass is 16.5. The largest absolute Gasteiger partial charge is 0.490 e. The lowest BCUT2D eigenvalue weighted by molar-refractivity contribution is 0.0781. The Balaban J connectivity index is 1.59. The molecule has 0 aromatic carbocycles. The Morgan fingerprint density at radius 2 is 2.08 bits per heavy atom. The van der Waals surface area contributed by atoms with Gasteiger partial charge in [0.25, 0.3) is 5.91 Å². The molecule has 7 heteroatoms. The number of amides is 2. The van der Waals surface area contributed by atoms with Crippen LogP contribution >= 0.6 is 0 Å². The molecule has 1 aromatic heterocycles. The maximum atomic E-state index is 12.6. The molecular formula is C17H23N3O4. The molecule has 2 amide bonds. The van der Waals surface area contributed by atoms with E-state index in [9.17, 15) is 9.59 Å². The van der Waals surface area contributed by atoms with Crippen LogP contribution in [0.4, 0.5) is 4.79 Å². The van der Waals surface area contributed by atoms with Crippen LogP contribution in [0.1, 0.15) is 42.6 Å². The van der Waals surface area contributed by atoms with E-state index in [0.717, 1.165) is 12.8 Å². The molecule has 1 aromatic rings. The van der Waals surface area contributed by atoms with Gasteiger partial charge in [0.1, 0.15) is 11.4 Å². The van der Waals surface area contributed by atoms with E-state index in [-0.39, 0.29) is 18.1 Å². The average molecular weight is 333 g/mol. The van der Waals surface area contributed by atoms with Crippen molar-refractivity contribution in [2.24, 2.45) is 0 Å². The number of nitrogens with zero attached hydrogens (tertiary/aromatic N) is 2. The Morgan fingerprint density at radius 1 is 1.29 bits per heavy atom. The van der Waals surface area contributed by atoms with Crippen LogP contribution in [0, 0.1) is 0 Å². The molecule has 1 N–H and O–H groups in total. The number of aromatic nitrogens is 1. The van der Waals surface area contributed by atoms with Gasteiger partial charge in [-0.1, -0.05) is 0 Å². The number of alkyl carbamates (subject to hydrolysis) is 1. The summed E-state index contributed by atoms with van der Waals surface area (Å²) in [4.78, 5) is 29.7. The molecule has 1 atom stereocenters. The zero-order valence-electron chi connectivity index (χ0n) is 13.9. The zero-order valence-corrected chi connectivity index (χ0v) is 13.9. The van der Waals surface area contributed by atoms with Gasteiger partial charge in [-0.3, -0.25) is 9.78 Å². The van der Waals surface area contributed by atoms with E-state index in [1.807, 2.05) is 0 Å². The van der Waals surface area contributed by atoms with Gasteiger partial charge in [-0.25, -0.2) is 4.79 Å². The fraction of sp³-hybridized carbons (Fsp3) is 0.588. The minimum Gasteiger partial charge on any atom is -0.490 e. The fourth-order valence-corrected chi connectivity index (χ4v) is 3.25. The molecule has 24 heavy (non-hydrogen) atoms. The van der Waals surface area contributed by atoms with E-state index < -0.39 is 6.09 Å². The van der Waals surface area contributed by atoms with Gasteiger partial charge in [-0.05, 0) is 38.2 Å². The van der Waals surface area contributed by atoms with Gasteiger partial charge in [0.2, 0.25) is 0 Å². The summed E-state index contributed by atoms with van der Waals surface area (Å²) in [7, 11) is 1.33. The first-order valence-electron chi connectivity index (χ1n) is 8.42. The van der Waals surface area contributed by atoms with E-state index in [0.29, 0.717) is 31.0 Å². The molecule has 0 bridgehead atoms. The van der Waals surface area contributed by atoms with Crippen molar-refractivity contribution in [3.05, 3.63) is 24.0 Å². The van der Waals surface area contributed by atoms with Crippen LogP contribution in [0.3, 0.4) is 0 Å². The summed E-state index contributed by atoms with van der Waals surface area (Å²) in [6.45, 7) is 1.05. The van der Waals surface area contributed by atoms with E-state index >= 15 is 0 Å². The summed E-state index contributed by atoms with van der Waals surface area (Å²) in [5, 5.41) is 2.72. The third-order valence-corrected chi connectivity index (χ3v) is 4.54. The molecule has 1 aliphatic carbocycles. The Hall–Kier alpha value is -2.31. The van der Waals surface area contributed by atoms with Crippen LogP contribution in [-0.2, 0) is 4.74 Å². The molecule has 1 saturated carbocycles. The van der Waals surface area contributed by atoms with Crippen molar-refractivity contribution in [2.75, 3.05) is 20.2 Å². The zero-order chi connectivity index (χ0) is 16.9. The molecule has 1 aliphatic heterocycles. The van der Waals surface area contributed by atoms with Gasteiger partial charge >= 0.3 is 6.09 Å². The van der Waals surface area contributed by atoms with Crippen molar-refractivity contribution < 1.29 is 19.1 Å². The number of hydrogen-bond donors (Lipinski definition) is 1. The lowest BCUT2D eigenvalue weighted by atomic mass is 10.2. The fourth-order valence-electron chi connectivity index (χ4n) is 3.25.